The predicted molar refractivity (Wildman–Crippen MR) is 91.2 cm³/mol. The number of hydrogen-bond donors (Lipinski definition) is 2. The number of carboxylic acid groups (broad SMARTS) is 2. The molecule has 0 aliphatic heterocycles. The Morgan fingerprint density at radius 3 is 2.13 bits per heavy atom. The zero-order valence-corrected chi connectivity index (χ0v) is 14.3. The van der Waals surface area contributed by atoms with Crippen molar-refractivity contribution >= 4 is 11.9 Å². The zero-order chi connectivity index (χ0) is 17.5. The first-order valence-electron chi connectivity index (χ1n) is 8.50. The molecule has 128 valence electrons. The summed E-state index contributed by atoms with van der Waals surface area (Å²) in [5.41, 5.74) is -0.371. The van der Waals surface area contributed by atoms with Gasteiger partial charge in [-0.15, -0.1) is 0 Å². The van der Waals surface area contributed by atoms with Gasteiger partial charge in [-0.1, -0.05) is 64.3 Å². The molecule has 2 N–H and O–H groups in total. The molecule has 0 amide bonds. The van der Waals surface area contributed by atoms with Crippen molar-refractivity contribution in [3.63, 3.8) is 0 Å². The van der Waals surface area contributed by atoms with Crippen LogP contribution in [0, 0.1) is 11.3 Å². The summed E-state index contributed by atoms with van der Waals surface area (Å²) in [5.74, 6) is -2.53. The van der Waals surface area contributed by atoms with E-state index in [1.54, 1.807) is 0 Å². The molecule has 0 saturated carbocycles. The van der Waals surface area contributed by atoms with Crippen LogP contribution in [-0.4, -0.2) is 22.2 Å². The van der Waals surface area contributed by atoms with Gasteiger partial charge in [0.25, 0.3) is 0 Å². The van der Waals surface area contributed by atoms with Crippen LogP contribution in [0.4, 0.5) is 0 Å². The summed E-state index contributed by atoms with van der Waals surface area (Å²) in [7, 11) is 0. The van der Waals surface area contributed by atoms with Gasteiger partial charge in [-0.2, -0.15) is 0 Å². The highest BCUT2D eigenvalue weighted by atomic mass is 16.4. The molecule has 2 unspecified atom stereocenters. The van der Waals surface area contributed by atoms with Crippen molar-refractivity contribution in [1.29, 1.82) is 0 Å². The molecule has 1 aliphatic carbocycles. The van der Waals surface area contributed by atoms with E-state index in [9.17, 15) is 19.8 Å². The van der Waals surface area contributed by atoms with Crippen molar-refractivity contribution < 1.29 is 19.8 Å². The van der Waals surface area contributed by atoms with E-state index in [1.165, 1.54) is 0 Å². The zero-order valence-electron chi connectivity index (χ0n) is 14.3. The maximum Gasteiger partial charge on any atom is 0.343 e. The van der Waals surface area contributed by atoms with Gasteiger partial charge in [-0.25, -0.2) is 9.59 Å². The topological polar surface area (TPSA) is 74.6 Å². The van der Waals surface area contributed by atoms with Gasteiger partial charge in [0, 0.05) is 5.41 Å². The predicted octanol–water partition coefficient (Wildman–Crippen LogP) is 4.58. The van der Waals surface area contributed by atoms with Gasteiger partial charge in [0.05, 0.1) is 0 Å². The standard InChI is InChI=1S/C19H28O4/c1-4-9-14-11-7-8-13-19(14,12-6-3)15(10-5-2)16(17(20)21)18(22)23/h7-8,11,13-14H,4-6,9-10,12H2,1-3H3,(H,20,21)(H,22,23). The molecule has 0 aromatic carbocycles. The Balaban J connectivity index is 3.61. The molecule has 4 heteroatoms. The molecule has 0 saturated heterocycles. The summed E-state index contributed by atoms with van der Waals surface area (Å²) in [5, 5.41) is 19.0. The van der Waals surface area contributed by atoms with Gasteiger partial charge in [-0.05, 0) is 30.8 Å². The average Bonchev–Trinajstić information content (AvgIpc) is 2.48. The average molecular weight is 320 g/mol. The van der Waals surface area contributed by atoms with Crippen molar-refractivity contribution in [2.24, 2.45) is 11.3 Å². The summed E-state index contributed by atoms with van der Waals surface area (Å²) in [6, 6.07) is 0. The quantitative estimate of drug-likeness (QED) is 0.370. The Labute approximate surface area is 138 Å². The molecule has 0 spiro atoms. The minimum absolute atomic E-state index is 0.146. The summed E-state index contributed by atoms with van der Waals surface area (Å²) in [6.45, 7) is 6.11. The fraction of sp³-hybridized carbons (Fsp3) is 0.579. The van der Waals surface area contributed by atoms with Crippen LogP contribution in [0.3, 0.4) is 0 Å². The molecule has 1 aliphatic rings. The van der Waals surface area contributed by atoms with E-state index < -0.39 is 22.9 Å². The largest absolute Gasteiger partial charge is 0.477 e. The van der Waals surface area contributed by atoms with Crippen LogP contribution in [0.15, 0.2) is 35.5 Å². The molecule has 4 nitrogen and oxygen atoms in total. The Hall–Kier alpha value is -1.84. The van der Waals surface area contributed by atoms with E-state index in [1.807, 2.05) is 25.2 Å². The van der Waals surface area contributed by atoms with Crippen LogP contribution in [0.1, 0.15) is 59.3 Å². The summed E-state index contributed by atoms with van der Waals surface area (Å²) >= 11 is 0. The highest BCUT2D eigenvalue weighted by Gasteiger charge is 2.42. The van der Waals surface area contributed by atoms with Crippen molar-refractivity contribution in [3.8, 4) is 0 Å². The first-order valence-corrected chi connectivity index (χ1v) is 8.50. The number of aliphatic carboxylic acids is 2. The summed E-state index contributed by atoms with van der Waals surface area (Å²) < 4.78 is 0. The molecule has 0 aromatic heterocycles. The number of carbonyl (C=O) groups is 2. The molecular formula is C19H28O4. The molecule has 0 fully saturated rings. The lowest BCUT2D eigenvalue weighted by atomic mass is 9.62. The minimum Gasteiger partial charge on any atom is -0.477 e. The second-order valence-corrected chi connectivity index (χ2v) is 6.14. The fourth-order valence-electron chi connectivity index (χ4n) is 3.73. The van der Waals surface area contributed by atoms with Gasteiger partial charge < -0.3 is 10.2 Å². The first kappa shape index (κ1) is 19.2. The second kappa shape index (κ2) is 8.70. The van der Waals surface area contributed by atoms with Crippen LogP contribution in [0.2, 0.25) is 0 Å². The molecule has 0 aromatic rings. The van der Waals surface area contributed by atoms with Crippen LogP contribution >= 0.6 is 0 Å². The number of carboxylic acids is 2. The second-order valence-electron chi connectivity index (χ2n) is 6.14. The lowest BCUT2D eigenvalue weighted by Crippen LogP contribution is -2.34. The van der Waals surface area contributed by atoms with Crippen molar-refractivity contribution in [1.82, 2.24) is 0 Å². The fourth-order valence-corrected chi connectivity index (χ4v) is 3.73. The van der Waals surface area contributed by atoms with Crippen molar-refractivity contribution in [3.05, 3.63) is 35.5 Å². The van der Waals surface area contributed by atoms with E-state index in [4.69, 9.17) is 0 Å². The van der Waals surface area contributed by atoms with E-state index in [0.717, 1.165) is 32.1 Å². The van der Waals surface area contributed by atoms with Crippen LogP contribution < -0.4 is 0 Å². The van der Waals surface area contributed by atoms with Gasteiger partial charge in [0.15, 0.2) is 0 Å². The van der Waals surface area contributed by atoms with Crippen molar-refractivity contribution in [2.75, 3.05) is 0 Å². The monoisotopic (exact) mass is 320 g/mol. The van der Waals surface area contributed by atoms with E-state index in [0.29, 0.717) is 12.0 Å². The Morgan fingerprint density at radius 2 is 1.65 bits per heavy atom. The lowest BCUT2D eigenvalue weighted by molar-refractivity contribution is -0.140. The maximum atomic E-state index is 11.6. The molecule has 0 radical (unpaired) electrons. The molecule has 2 atom stereocenters. The van der Waals surface area contributed by atoms with E-state index in [-0.39, 0.29) is 5.92 Å². The smallest absolute Gasteiger partial charge is 0.343 e. The third-order valence-corrected chi connectivity index (χ3v) is 4.56. The molecule has 0 bridgehead atoms. The Kier molecular flexibility index (Phi) is 7.27. The molecular weight excluding hydrogens is 292 g/mol. The normalized spacial score (nSPS) is 22.8. The van der Waals surface area contributed by atoms with Crippen molar-refractivity contribution in [2.45, 2.75) is 59.3 Å². The van der Waals surface area contributed by atoms with Crippen LogP contribution in [0.25, 0.3) is 0 Å². The number of hydrogen-bond acceptors (Lipinski definition) is 2. The van der Waals surface area contributed by atoms with Gasteiger partial charge in [0.1, 0.15) is 5.57 Å². The van der Waals surface area contributed by atoms with E-state index >= 15 is 0 Å². The Bertz CT molecular complexity index is 511. The number of allylic oxidation sites excluding steroid dienone is 5. The third-order valence-electron chi connectivity index (χ3n) is 4.56. The van der Waals surface area contributed by atoms with Gasteiger partial charge in [-0.3, -0.25) is 0 Å². The SMILES string of the molecule is CCCC(=C(C(=O)O)C(=O)O)C1(CCC)C=CC=CC1CCC. The summed E-state index contributed by atoms with van der Waals surface area (Å²) in [4.78, 5) is 23.3. The third kappa shape index (κ3) is 4.12. The van der Waals surface area contributed by atoms with Gasteiger partial charge in [0.2, 0.25) is 0 Å². The highest BCUT2D eigenvalue weighted by molar-refractivity contribution is 6.13. The van der Waals surface area contributed by atoms with Gasteiger partial charge >= 0.3 is 11.9 Å². The van der Waals surface area contributed by atoms with Crippen LogP contribution in [-0.2, 0) is 9.59 Å². The first-order chi connectivity index (χ1) is 10.9. The minimum atomic E-state index is -1.34. The molecule has 23 heavy (non-hydrogen) atoms. The molecule has 0 heterocycles. The maximum absolute atomic E-state index is 11.6. The lowest BCUT2D eigenvalue weighted by Gasteiger charge is -2.42. The van der Waals surface area contributed by atoms with Crippen LogP contribution in [0.5, 0.6) is 0 Å². The Morgan fingerprint density at radius 1 is 1.00 bits per heavy atom. The highest BCUT2D eigenvalue weighted by Crippen LogP contribution is 2.49. The number of rotatable bonds is 9. The molecule has 1 rings (SSSR count). The van der Waals surface area contributed by atoms with E-state index in [2.05, 4.69) is 19.9 Å². The summed E-state index contributed by atoms with van der Waals surface area (Å²) in [6.07, 6.45) is 12.8.